The molecule has 5 unspecified atom stereocenters. The number of hydrogen-bond donors (Lipinski definition) is 1. The zero-order valence-electron chi connectivity index (χ0n) is 20.1. The Kier molecular flexibility index (Phi) is 13.5. The molecule has 1 rings (SSSR count). The monoisotopic (exact) mass is 440 g/mol. The second kappa shape index (κ2) is 15.3. The highest BCUT2D eigenvalue weighted by Crippen LogP contribution is 2.37. The van der Waals surface area contributed by atoms with Crippen LogP contribution in [0.5, 0.6) is 0 Å². The van der Waals surface area contributed by atoms with Crippen molar-refractivity contribution >= 4 is 17.9 Å². The molecule has 6 nitrogen and oxygen atoms in total. The lowest BCUT2D eigenvalue weighted by Crippen LogP contribution is -2.43. The average Bonchev–Trinajstić information content (AvgIpc) is 2.78. The Balaban J connectivity index is 2.82. The van der Waals surface area contributed by atoms with Gasteiger partial charge in [-0.1, -0.05) is 72.6 Å². The summed E-state index contributed by atoms with van der Waals surface area (Å²) in [6, 6.07) is 0. The number of rotatable bonds is 15. The Labute approximate surface area is 188 Å². The molecule has 0 aromatic rings. The molecule has 0 radical (unpaired) electrons. The first-order valence-electron chi connectivity index (χ1n) is 12.4. The van der Waals surface area contributed by atoms with Gasteiger partial charge in [0.1, 0.15) is 0 Å². The van der Waals surface area contributed by atoms with Crippen molar-refractivity contribution in [2.75, 3.05) is 13.2 Å². The molecule has 0 heterocycles. The summed E-state index contributed by atoms with van der Waals surface area (Å²) < 4.78 is 11.2. The molecule has 1 aliphatic rings. The molecule has 5 atom stereocenters. The molecule has 0 amide bonds. The van der Waals surface area contributed by atoms with Crippen LogP contribution in [0.1, 0.15) is 98.3 Å². The van der Waals surface area contributed by atoms with Gasteiger partial charge in [-0.2, -0.15) is 0 Å². The van der Waals surface area contributed by atoms with E-state index in [-0.39, 0.29) is 12.5 Å². The first kappa shape index (κ1) is 27.4. The maximum absolute atomic E-state index is 13.0. The highest BCUT2D eigenvalue weighted by atomic mass is 16.5. The summed E-state index contributed by atoms with van der Waals surface area (Å²) in [7, 11) is 0. The zero-order valence-corrected chi connectivity index (χ0v) is 20.1. The molecule has 1 saturated carbocycles. The number of esters is 2. The largest absolute Gasteiger partial charge is 0.481 e. The van der Waals surface area contributed by atoms with Crippen LogP contribution in [-0.2, 0) is 23.9 Å². The van der Waals surface area contributed by atoms with Crippen molar-refractivity contribution in [2.45, 2.75) is 98.3 Å². The van der Waals surface area contributed by atoms with E-state index in [1.165, 1.54) is 0 Å². The van der Waals surface area contributed by atoms with Gasteiger partial charge in [0.25, 0.3) is 0 Å². The van der Waals surface area contributed by atoms with Gasteiger partial charge in [-0.05, 0) is 37.5 Å². The predicted octanol–water partition coefficient (Wildman–Crippen LogP) is 5.62. The molecule has 180 valence electrons. The molecule has 0 aromatic heterocycles. The summed E-state index contributed by atoms with van der Waals surface area (Å²) in [4.78, 5) is 37.7. The third-order valence-electron chi connectivity index (χ3n) is 6.80. The zero-order chi connectivity index (χ0) is 23.2. The van der Waals surface area contributed by atoms with Gasteiger partial charge in [-0.15, -0.1) is 0 Å². The lowest BCUT2D eigenvalue weighted by molar-refractivity contribution is -0.171. The average molecular weight is 441 g/mol. The fourth-order valence-corrected chi connectivity index (χ4v) is 4.47. The van der Waals surface area contributed by atoms with Crippen molar-refractivity contribution in [2.24, 2.45) is 29.6 Å². The molecule has 1 aliphatic carbocycles. The number of aliphatic carboxylic acids is 1. The van der Waals surface area contributed by atoms with E-state index >= 15 is 0 Å². The van der Waals surface area contributed by atoms with Crippen LogP contribution >= 0.6 is 0 Å². The molecule has 0 saturated heterocycles. The van der Waals surface area contributed by atoms with Crippen molar-refractivity contribution in [3.05, 3.63) is 0 Å². The fourth-order valence-electron chi connectivity index (χ4n) is 4.47. The quantitative estimate of drug-likeness (QED) is 0.332. The Bertz CT molecular complexity index is 546. The minimum Gasteiger partial charge on any atom is -0.481 e. The van der Waals surface area contributed by atoms with Crippen LogP contribution in [0.3, 0.4) is 0 Å². The third-order valence-corrected chi connectivity index (χ3v) is 6.80. The number of carboxylic acid groups (broad SMARTS) is 1. The number of ether oxygens (including phenoxy) is 2. The minimum absolute atomic E-state index is 0.269. The second-order valence-electron chi connectivity index (χ2n) is 9.10. The minimum atomic E-state index is -1.04. The van der Waals surface area contributed by atoms with Crippen LogP contribution < -0.4 is 0 Å². The van der Waals surface area contributed by atoms with E-state index in [1.807, 2.05) is 0 Å². The maximum atomic E-state index is 13.0. The first-order valence-corrected chi connectivity index (χ1v) is 12.4. The Morgan fingerprint density at radius 2 is 1.29 bits per heavy atom. The topological polar surface area (TPSA) is 89.9 Å². The summed E-state index contributed by atoms with van der Waals surface area (Å²) in [5.41, 5.74) is 0. The van der Waals surface area contributed by atoms with Crippen molar-refractivity contribution in [3.8, 4) is 0 Å². The molecular formula is C25H44O6. The SMILES string of the molecule is CCCCC(CC)COC(=O)C1CCCC(C(=O)O)C1C(=O)OCC(CC)CCCC. The van der Waals surface area contributed by atoms with Crippen LogP contribution in [0.2, 0.25) is 0 Å². The van der Waals surface area contributed by atoms with E-state index in [9.17, 15) is 19.5 Å². The van der Waals surface area contributed by atoms with Gasteiger partial charge in [0, 0.05) is 0 Å². The van der Waals surface area contributed by atoms with Gasteiger partial charge in [-0.3, -0.25) is 14.4 Å². The first-order chi connectivity index (χ1) is 14.9. The van der Waals surface area contributed by atoms with Crippen molar-refractivity contribution in [1.29, 1.82) is 0 Å². The summed E-state index contributed by atoms with van der Waals surface area (Å²) in [6.07, 6.45) is 9.62. The number of carboxylic acids is 1. The van der Waals surface area contributed by atoms with E-state index in [2.05, 4.69) is 27.7 Å². The normalized spacial score (nSPS) is 23.0. The standard InChI is InChI=1S/C25H44O6/c1-5-9-12-18(7-3)16-30-24(28)21-15-11-14-20(23(26)27)22(21)25(29)31-17-19(8-4)13-10-6-2/h18-22H,5-17H2,1-4H3,(H,26,27). The molecule has 1 N–H and O–H groups in total. The molecule has 31 heavy (non-hydrogen) atoms. The van der Waals surface area contributed by atoms with Gasteiger partial charge < -0.3 is 14.6 Å². The van der Waals surface area contributed by atoms with Crippen molar-refractivity contribution < 1.29 is 29.0 Å². The van der Waals surface area contributed by atoms with Crippen LogP contribution in [0, 0.1) is 29.6 Å². The predicted molar refractivity (Wildman–Crippen MR) is 120 cm³/mol. The molecule has 1 fully saturated rings. The van der Waals surface area contributed by atoms with Crippen LogP contribution in [0.15, 0.2) is 0 Å². The van der Waals surface area contributed by atoms with E-state index in [1.54, 1.807) is 0 Å². The van der Waals surface area contributed by atoms with Gasteiger partial charge in [0.15, 0.2) is 0 Å². The number of carbonyl (C=O) groups is 3. The van der Waals surface area contributed by atoms with Crippen molar-refractivity contribution in [1.82, 2.24) is 0 Å². The highest BCUT2D eigenvalue weighted by Gasteiger charge is 2.47. The second-order valence-corrected chi connectivity index (χ2v) is 9.10. The number of hydrogen-bond acceptors (Lipinski definition) is 5. The summed E-state index contributed by atoms with van der Waals surface area (Å²) in [5.74, 6) is -4.05. The van der Waals surface area contributed by atoms with Crippen LogP contribution in [0.4, 0.5) is 0 Å². The van der Waals surface area contributed by atoms with Gasteiger partial charge >= 0.3 is 17.9 Å². The molecule has 6 heteroatoms. The van der Waals surface area contributed by atoms with Gasteiger partial charge in [0.05, 0.1) is 31.0 Å². The summed E-state index contributed by atoms with van der Waals surface area (Å²) in [5, 5.41) is 9.69. The lowest BCUT2D eigenvalue weighted by atomic mass is 9.72. The molecule has 0 aliphatic heterocycles. The summed E-state index contributed by atoms with van der Waals surface area (Å²) >= 11 is 0. The third kappa shape index (κ3) is 9.20. The Hall–Kier alpha value is -1.59. The highest BCUT2D eigenvalue weighted by molar-refractivity contribution is 5.87. The molecule has 0 bridgehead atoms. The van der Waals surface area contributed by atoms with E-state index < -0.39 is 35.7 Å². The van der Waals surface area contributed by atoms with Crippen molar-refractivity contribution in [3.63, 3.8) is 0 Å². The van der Waals surface area contributed by atoms with E-state index in [0.717, 1.165) is 51.4 Å². The van der Waals surface area contributed by atoms with Gasteiger partial charge in [-0.25, -0.2) is 0 Å². The van der Waals surface area contributed by atoms with E-state index in [4.69, 9.17) is 9.47 Å². The van der Waals surface area contributed by atoms with Gasteiger partial charge in [0.2, 0.25) is 0 Å². The molecular weight excluding hydrogens is 396 g/mol. The molecule has 0 aromatic carbocycles. The number of carbonyl (C=O) groups excluding carboxylic acids is 2. The fraction of sp³-hybridized carbons (Fsp3) is 0.880. The smallest absolute Gasteiger partial charge is 0.310 e. The number of unbranched alkanes of at least 4 members (excludes halogenated alkanes) is 2. The lowest BCUT2D eigenvalue weighted by Gasteiger charge is -2.33. The Morgan fingerprint density at radius 3 is 1.74 bits per heavy atom. The van der Waals surface area contributed by atoms with E-state index in [0.29, 0.717) is 31.8 Å². The maximum Gasteiger partial charge on any atom is 0.310 e. The molecule has 0 spiro atoms. The van der Waals surface area contributed by atoms with Crippen LogP contribution in [-0.4, -0.2) is 36.2 Å². The summed E-state index contributed by atoms with van der Waals surface area (Å²) in [6.45, 7) is 9.03. The Morgan fingerprint density at radius 1 is 0.806 bits per heavy atom. The van der Waals surface area contributed by atoms with Crippen LogP contribution in [0.25, 0.3) is 0 Å².